The summed E-state index contributed by atoms with van der Waals surface area (Å²) in [4.78, 5) is 47.2. The number of nitrogens with zero attached hydrogens (tertiary/aromatic N) is 2. The van der Waals surface area contributed by atoms with Crippen molar-refractivity contribution in [3.8, 4) is 0 Å². The van der Waals surface area contributed by atoms with Crippen LogP contribution < -0.4 is 21.3 Å². The van der Waals surface area contributed by atoms with E-state index in [0.29, 0.717) is 31.8 Å². The number of carbonyl (C=O) groups excluding carboxylic acids is 2. The molecular formula is C23H32N6O6. The summed E-state index contributed by atoms with van der Waals surface area (Å²) in [6.07, 6.45) is 1.99. The zero-order valence-electron chi connectivity index (χ0n) is 19.7. The van der Waals surface area contributed by atoms with Crippen LogP contribution in [0, 0.1) is 5.92 Å². The second kappa shape index (κ2) is 12.6. The smallest absolute Gasteiger partial charge is 0.409 e. The third-order valence-electron chi connectivity index (χ3n) is 5.72. The molecule has 0 saturated carbocycles. The lowest BCUT2D eigenvalue weighted by Gasteiger charge is -2.39. The van der Waals surface area contributed by atoms with Crippen LogP contribution in [0.4, 0.5) is 4.79 Å². The van der Waals surface area contributed by atoms with E-state index in [-0.39, 0.29) is 6.61 Å². The maximum absolute atomic E-state index is 12.7. The molecule has 0 fully saturated rings. The summed E-state index contributed by atoms with van der Waals surface area (Å²) in [5.74, 6) is -2.21. The zero-order valence-corrected chi connectivity index (χ0v) is 19.7. The molecule has 35 heavy (non-hydrogen) atoms. The molecule has 3 rings (SSSR count). The Morgan fingerprint density at radius 1 is 1.29 bits per heavy atom. The first kappa shape index (κ1) is 25.8. The summed E-state index contributed by atoms with van der Waals surface area (Å²) < 4.78 is 5.26. The Morgan fingerprint density at radius 3 is 2.71 bits per heavy atom. The van der Waals surface area contributed by atoms with Gasteiger partial charge in [0.05, 0.1) is 5.92 Å². The average Bonchev–Trinajstić information content (AvgIpc) is 3.38. The molecule has 12 heteroatoms. The molecule has 0 bridgehead atoms. The fourth-order valence-corrected chi connectivity index (χ4v) is 4.09. The van der Waals surface area contributed by atoms with E-state index in [2.05, 4.69) is 31.4 Å². The second-order valence-corrected chi connectivity index (χ2v) is 8.33. The van der Waals surface area contributed by atoms with Gasteiger partial charge in [-0.1, -0.05) is 35.5 Å². The molecule has 3 atom stereocenters. The van der Waals surface area contributed by atoms with Gasteiger partial charge in [0.25, 0.3) is 0 Å². The number of carboxylic acids is 1. The highest BCUT2D eigenvalue weighted by Gasteiger charge is 2.53. The van der Waals surface area contributed by atoms with Gasteiger partial charge >= 0.3 is 12.1 Å². The number of rotatable bonds is 11. The predicted octanol–water partition coefficient (Wildman–Crippen LogP) is 0.940. The number of nitrogens with one attached hydrogen (secondary N) is 4. The Bertz CT molecular complexity index is 932. The number of carbonyl (C=O) groups is 3. The summed E-state index contributed by atoms with van der Waals surface area (Å²) in [6, 6.07) is 8.97. The van der Waals surface area contributed by atoms with Crippen molar-refractivity contribution in [1.29, 1.82) is 0 Å². The number of hydrogen-bond acceptors (Lipinski definition) is 9. The minimum atomic E-state index is -2.17. The van der Waals surface area contributed by atoms with Crippen LogP contribution in [0.25, 0.3) is 0 Å². The first-order valence-electron chi connectivity index (χ1n) is 11.6. The van der Waals surface area contributed by atoms with Gasteiger partial charge in [-0.15, -0.1) is 0 Å². The van der Waals surface area contributed by atoms with Crippen molar-refractivity contribution in [2.45, 2.75) is 51.0 Å². The number of benzene rings is 1. The van der Waals surface area contributed by atoms with Gasteiger partial charge in [0, 0.05) is 39.2 Å². The van der Waals surface area contributed by atoms with Crippen LogP contribution in [0.5, 0.6) is 0 Å². The number of oxime groups is 1. The molecule has 2 amide bonds. The summed E-state index contributed by atoms with van der Waals surface area (Å²) >= 11 is 0. The first-order valence-corrected chi connectivity index (χ1v) is 11.6. The van der Waals surface area contributed by atoms with Gasteiger partial charge in [0.2, 0.25) is 11.6 Å². The second-order valence-electron chi connectivity index (χ2n) is 8.33. The Labute approximate surface area is 203 Å². The van der Waals surface area contributed by atoms with E-state index in [1.807, 2.05) is 6.07 Å². The Kier molecular flexibility index (Phi) is 9.27. The largest absolute Gasteiger partial charge is 0.478 e. The van der Waals surface area contributed by atoms with Crippen LogP contribution in [-0.2, 0) is 25.8 Å². The van der Waals surface area contributed by atoms with Gasteiger partial charge in [0.15, 0.2) is 5.96 Å². The fraction of sp³-hybridized carbons (Fsp3) is 0.522. The molecule has 2 heterocycles. The van der Waals surface area contributed by atoms with Crippen molar-refractivity contribution in [2.75, 3.05) is 19.6 Å². The van der Waals surface area contributed by atoms with E-state index < -0.39 is 35.7 Å². The van der Waals surface area contributed by atoms with Crippen LogP contribution in [0.3, 0.4) is 0 Å². The SMILES string of the molecule is CC(=O)N[C@@](NC(=O)OCc1ccccc1)(C(=O)O)C(CCCNC1=NCCCN1)[C@H]1CC=NO1. The van der Waals surface area contributed by atoms with Crippen molar-refractivity contribution in [1.82, 2.24) is 21.3 Å². The molecule has 1 aromatic carbocycles. The van der Waals surface area contributed by atoms with Crippen LogP contribution in [0.1, 0.15) is 38.2 Å². The van der Waals surface area contributed by atoms with Gasteiger partial charge in [-0.2, -0.15) is 0 Å². The molecule has 190 valence electrons. The lowest BCUT2D eigenvalue weighted by atomic mass is 9.82. The van der Waals surface area contributed by atoms with E-state index >= 15 is 0 Å². The zero-order chi connectivity index (χ0) is 25.1. The molecule has 0 radical (unpaired) electrons. The molecule has 1 aromatic rings. The number of aliphatic carboxylic acids is 1. The van der Waals surface area contributed by atoms with Gasteiger partial charge in [-0.3, -0.25) is 15.1 Å². The molecule has 12 nitrogen and oxygen atoms in total. The Balaban J connectivity index is 1.74. The van der Waals surface area contributed by atoms with E-state index in [1.54, 1.807) is 24.3 Å². The minimum absolute atomic E-state index is 0.0603. The molecule has 1 unspecified atom stereocenters. The number of aliphatic imine (C=N–C) groups is 1. The average molecular weight is 489 g/mol. The predicted molar refractivity (Wildman–Crippen MR) is 128 cm³/mol. The van der Waals surface area contributed by atoms with Gasteiger partial charge in [0.1, 0.15) is 12.7 Å². The molecular weight excluding hydrogens is 456 g/mol. The number of alkyl carbamates (subject to hydrolysis) is 1. The fourth-order valence-electron chi connectivity index (χ4n) is 4.09. The van der Waals surface area contributed by atoms with Crippen LogP contribution >= 0.6 is 0 Å². The molecule has 0 spiro atoms. The van der Waals surface area contributed by atoms with Gasteiger partial charge in [-0.05, 0) is 24.8 Å². The van der Waals surface area contributed by atoms with E-state index in [9.17, 15) is 19.5 Å². The quantitative estimate of drug-likeness (QED) is 0.227. The summed E-state index contributed by atoms with van der Waals surface area (Å²) in [5, 5.41) is 25.3. The normalized spacial score (nSPS) is 19.2. The third-order valence-corrected chi connectivity index (χ3v) is 5.72. The number of amides is 2. The summed E-state index contributed by atoms with van der Waals surface area (Å²) in [5.41, 5.74) is -1.43. The van der Waals surface area contributed by atoms with Gasteiger partial charge < -0.3 is 30.6 Å². The first-order chi connectivity index (χ1) is 16.9. The number of guanidine groups is 1. The summed E-state index contributed by atoms with van der Waals surface area (Å²) in [7, 11) is 0. The third kappa shape index (κ3) is 7.33. The van der Waals surface area contributed by atoms with Crippen LogP contribution in [0.15, 0.2) is 40.5 Å². The van der Waals surface area contributed by atoms with E-state index in [0.717, 1.165) is 25.1 Å². The van der Waals surface area contributed by atoms with Gasteiger partial charge in [-0.25, -0.2) is 9.59 Å². The molecule has 0 aromatic heterocycles. The highest BCUT2D eigenvalue weighted by molar-refractivity contribution is 5.89. The standard InChI is InChI=1S/C23H32N6O6/c1-16(30)28-23(20(31)32,29-22(33)34-15-17-7-3-2-4-8-17)18(19-10-14-27-35-19)9-5-11-24-21-25-12-6-13-26-21/h2-4,7-8,14,18-19H,5-6,9-13,15H2,1H3,(H,28,30)(H,29,33)(H,31,32)(H2,24,25,26)/t18?,19-,23+/m1/s1. The van der Waals surface area contributed by atoms with Crippen molar-refractivity contribution < 1.29 is 29.1 Å². The highest BCUT2D eigenvalue weighted by Crippen LogP contribution is 2.30. The highest BCUT2D eigenvalue weighted by atomic mass is 16.6. The van der Waals surface area contributed by atoms with E-state index in [1.165, 1.54) is 13.1 Å². The van der Waals surface area contributed by atoms with Crippen LogP contribution in [-0.4, -0.2) is 66.7 Å². The number of hydrogen-bond donors (Lipinski definition) is 5. The monoisotopic (exact) mass is 488 g/mol. The number of carboxylic acid groups (broad SMARTS) is 1. The Hall–Kier alpha value is -3.83. The minimum Gasteiger partial charge on any atom is -0.478 e. The Morgan fingerprint density at radius 2 is 2.09 bits per heavy atom. The van der Waals surface area contributed by atoms with Crippen molar-refractivity contribution in [2.24, 2.45) is 16.1 Å². The van der Waals surface area contributed by atoms with Crippen molar-refractivity contribution >= 4 is 30.1 Å². The molecule has 0 saturated heterocycles. The molecule has 2 aliphatic rings. The maximum Gasteiger partial charge on any atom is 0.409 e. The molecule has 0 aliphatic carbocycles. The maximum atomic E-state index is 12.7. The summed E-state index contributed by atoms with van der Waals surface area (Å²) in [6.45, 7) is 3.21. The molecule has 2 aliphatic heterocycles. The lowest BCUT2D eigenvalue weighted by molar-refractivity contribution is -0.156. The number of ether oxygens (including phenoxy) is 1. The topological polar surface area (TPSA) is 163 Å². The van der Waals surface area contributed by atoms with E-state index in [4.69, 9.17) is 9.57 Å². The van der Waals surface area contributed by atoms with Crippen LogP contribution in [0.2, 0.25) is 0 Å². The van der Waals surface area contributed by atoms with Crippen molar-refractivity contribution in [3.05, 3.63) is 35.9 Å². The molecule has 5 N–H and O–H groups in total. The lowest BCUT2D eigenvalue weighted by Crippen LogP contribution is -2.71. The van der Waals surface area contributed by atoms with Crippen molar-refractivity contribution in [3.63, 3.8) is 0 Å².